The Hall–Kier alpha value is -2.05. The maximum absolute atomic E-state index is 12.1. The minimum Gasteiger partial charge on any atom is -0.351 e. The van der Waals surface area contributed by atoms with Gasteiger partial charge >= 0.3 is 6.03 Å². The maximum atomic E-state index is 12.1. The summed E-state index contributed by atoms with van der Waals surface area (Å²) in [5.41, 5.74) is 6.18. The number of nitrogens with two attached hydrogens (primary N) is 1. The smallest absolute Gasteiger partial charge is 0.315 e. The molecule has 3 amide bonds. The Balaban J connectivity index is 1.67. The lowest BCUT2D eigenvalue weighted by atomic mass is 10.1. The molecule has 0 saturated heterocycles. The van der Waals surface area contributed by atoms with Crippen LogP contribution in [0, 0.1) is 5.92 Å². The van der Waals surface area contributed by atoms with Crippen molar-refractivity contribution in [3.05, 3.63) is 11.8 Å². The number of hydrogen-bond acceptors (Lipinski definition) is 3. The lowest BCUT2D eigenvalue weighted by Gasteiger charge is -2.25. The molecular formula is C13H19N5O2. The van der Waals surface area contributed by atoms with Crippen LogP contribution in [-0.2, 0) is 17.9 Å². The predicted molar refractivity (Wildman–Crippen MR) is 72.8 cm³/mol. The predicted octanol–water partition coefficient (Wildman–Crippen LogP) is 0.906. The summed E-state index contributed by atoms with van der Waals surface area (Å²) in [5, 5.41) is 7.24. The van der Waals surface area contributed by atoms with Gasteiger partial charge in [-0.05, 0) is 12.8 Å². The molecule has 3 N–H and O–H groups in total. The molecule has 0 aromatic carbocycles. The van der Waals surface area contributed by atoms with Gasteiger partial charge < -0.3 is 16.0 Å². The average Bonchev–Trinajstić information content (AvgIpc) is 3.06. The summed E-state index contributed by atoms with van der Waals surface area (Å²) < 4.78 is 1.82. The molecule has 108 valence electrons. The molecule has 1 aliphatic heterocycles. The molecule has 0 radical (unpaired) electrons. The Labute approximate surface area is 117 Å². The second kappa shape index (κ2) is 5.15. The second-order valence-corrected chi connectivity index (χ2v) is 5.47. The van der Waals surface area contributed by atoms with Crippen LogP contribution in [0.2, 0.25) is 0 Å². The van der Waals surface area contributed by atoms with Crippen LogP contribution in [0.1, 0.15) is 31.4 Å². The first-order chi connectivity index (χ1) is 9.63. The van der Waals surface area contributed by atoms with E-state index in [-0.39, 0.29) is 11.8 Å². The van der Waals surface area contributed by atoms with E-state index in [9.17, 15) is 9.59 Å². The highest BCUT2D eigenvalue weighted by Crippen LogP contribution is 2.26. The zero-order chi connectivity index (χ0) is 14.1. The number of carbonyl (C=O) groups is 2. The van der Waals surface area contributed by atoms with Crippen molar-refractivity contribution >= 4 is 17.8 Å². The Morgan fingerprint density at radius 2 is 2.05 bits per heavy atom. The van der Waals surface area contributed by atoms with E-state index >= 15 is 0 Å². The minimum absolute atomic E-state index is 0.0599. The third-order valence-corrected chi connectivity index (χ3v) is 4.09. The van der Waals surface area contributed by atoms with Gasteiger partial charge in [-0.3, -0.25) is 9.48 Å². The van der Waals surface area contributed by atoms with Crippen LogP contribution >= 0.6 is 0 Å². The number of carbonyl (C=O) groups excluding carboxylic acids is 2. The van der Waals surface area contributed by atoms with Crippen molar-refractivity contribution in [3.63, 3.8) is 0 Å². The molecule has 1 aliphatic carbocycles. The van der Waals surface area contributed by atoms with Crippen LogP contribution < -0.4 is 11.1 Å². The number of nitrogens with one attached hydrogen (secondary N) is 1. The molecule has 0 atom stereocenters. The van der Waals surface area contributed by atoms with Gasteiger partial charge in [-0.25, -0.2) is 4.79 Å². The summed E-state index contributed by atoms with van der Waals surface area (Å²) in [6.07, 6.45) is 4.19. The van der Waals surface area contributed by atoms with Crippen molar-refractivity contribution in [2.75, 3.05) is 11.9 Å². The number of primary amides is 1. The molecule has 1 saturated carbocycles. The molecular weight excluding hydrogens is 258 g/mol. The van der Waals surface area contributed by atoms with E-state index in [0.29, 0.717) is 25.5 Å². The normalized spacial score (nSPS) is 18.9. The van der Waals surface area contributed by atoms with Gasteiger partial charge in [-0.1, -0.05) is 12.8 Å². The number of aromatic nitrogens is 2. The van der Waals surface area contributed by atoms with Crippen molar-refractivity contribution in [2.45, 2.75) is 38.8 Å². The molecule has 7 nitrogen and oxygen atoms in total. The molecule has 2 heterocycles. The van der Waals surface area contributed by atoms with Crippen LogP contribution in [0.25, 0.3) is 0 Å². The molecule has 3 rings (SSSR count). The van der Waals surface area contributed by atoms with Crippen molar-refractivity contribution in [3.8, 4) is 0 Å². The molecule has 1 fully saturated rings. The quantitative estimate of drug-likeness (QED) is 0.841. The van der Waals surface area contributed by atoms with E-state index in [2.05, 4.69) is 10.4 Å². The summed E-state index contributed by atoms with van der Waals surface area (Å²) in [4.78, 5) is 24.8. The number of rotatable bonds is 2. The first-order valence-electron chi connectivity index (χ1n) is 7.05. The van der Waals surface area contributed by atoms with Crippen molar-refractivity contribution in [2.24, 2.45) is 11.7 Å². The molecule has 1 aromatic rings. The van der Waals surface area contributed by atoms with Crippen molar-refractivity contribution < 1.29 is 9.59 Å². The van der Waals surface area contributed by atoms with Gasteiger partial charge in [0.15, 0.2) is 5.82 Å². The van der Waals surface area contributed by atoms with E-state index in [1.54, 1.807) is 4.90 Å². The molecule has 2 aliphatic rings. The fourth-order valence-corrected chi connectivity index (χ4v) is 2.93. The summed E-state index contributed by atoms with van der Waals surface area (Å²) in [6.45, 7) is 1.61. The zero-order valence-electron chi connectivity index (χ0n) is 11.3. The summed E-state index contributed by atoms with van der Waals surface area (Å²) in [5.74, 6) is 0.753. The average molecular weight is 277 g/mol. The third-order valence-electron chi connectivity index (χ3n) is 4.09. The fraction of sp³-hybridized carbons (Fsp3) is 0.615. The van der Waals surface area contributed by atoms with Gasteiger partial charge in [0.05, 0.1) is 18.8 Å². The van der Waals surface area contributed by atoms with Gasteiger partial charge in [0.2, 0.25) is 5.91 Å². The SMILES string of the molecule is NC(=O)N1CCn2nc(NC(=O)C3CCCC3)cc2C1. The Kier molecular flexibility index (Phi) is 3.33. The van der Waals surface area contributed by atoms with Gasteiger partial charge in [0.1, 0.15) is 0 Å². The minimum atomic E-state index is -0.422. The fourth-order valence-electron chi connectivity index (χ4n) is 2.93. The molecule has 0 bridgehead atoms. The number of anilines is 1. The number of fused-ring (bicyclic) bond motifs is 1. The van der Waals surface area contributed by atoms with E-state index in [1.807, 2.05) is 10.7 Å². The first kappa shape index (κ1) is 13.0. The molecule has 1 aromatic heterocycles. The zero-order valence-corrected chi connectivity index (χ0v) is 11.3. The molecule has 20 heavy (non-hydrogen) atoms. The van der Waals surface area contributed by atoms with Gasteiger partial charge in [0.25, 0.3) is 0 Å². The topological polar surface area (TPSA) is 93.2 Å². The van der Waals surface area contributed by atoms with E-state index in [1.165, 1.54) is 0 Å². The molecule has 0 unspecified atom stereocenters. The lowest BCUT2D eigenvalue weighted by Crippen LogP contribution is -2.41. The summed E-state index contributed by atoms with van der Waals surface area (Å²) >= 11 is 0. The third kappa shape index (κ3) is 2.48. The van der Waals surface area contributed by atoms with Crippen LogP contribution in [0.4, 0.5) is 10.6 Å². The second-order valence-electron chi connectivity index (χ2n) is 5.47. The maximum Gasteiger partial charge on any atom is 0.315 e. The number of nitrogens with zero attached hydrogens (tertiary/aromatic N) is 3. The highest BCUT2D eigenvalue weighted by Gasteiger charge is 2.25. The van der Waals surface area contributed by atoms with Crippen molar-refractivity contribution in [1.82, 2.24) is 14.7 Å². The molecule has 7 heteroatoms. The number of urea groups is 1. The van der Waals surface area contributed by atoms with Crippen LogP contribution in [0.5, 0.6) is 0 Å². The number of amides is 3. The van der Waals surface area contributed by atoms with Crippen LogP contribution in [0.3, 0.4) is 0 Å². The summed E-state index contributed by atoms with van der Waals surface area (Å²) in [6, 6.07) is 1.40. The van der Waals surface area contributed by atoms with Crippen molar-refractivity contribution in [1.29, 1.82) is 0 Å². The Morgan fingerprint density at radius 1 is 1.30 bits per heavy atom. The largest absolute Gasteiger partial charge is 0.351 e. The summed E-state index contributed by atoms with van der Waals surface area (Å²) in [7, 11) is 0. The standard InChI is InChI=1S/C13H19N5O2/c14-13(20)17-5-6-18-10(8-17)7-11(16-18)15-12(19)9-3-1-2-4-9/h7,9H,1-6,8H2,(H2,14,20)(H,15,16,19). The highest BCUT2D eigenvalue weighted by atomic mass is 16.2. The monoisotopic (exact) mass is 277 g/mol. The highest BCUT2D eigenvalue weighted by molar-refractivity contribution is 5.91. The van der Waals surface area contributed by atoms with Gasteiger partial charge in [-0.2, -0.15) is 5.10 Å². The van der Waals surface area contributed by atoms with Crippen LogP contribution in [-0.4, -0.2) is 33.2 Å². The Morgan fingerprint density at radius 3 is 2.75 bits per heavy atom. The molecule has 0 spiro atoms. The van der Waals surface area contributed by atoms with E-state index in [4.69, 9.17) is 5.73 Å². The lowest BCUT2D eigenvalue weighted by molar-refractivity contribution is -0.119. The van der Waals surface area contributed by atoms with Gasteiger partial charge in [-0.15, -0.1) is 0 Å². The first-order valence-corrected chi connectivity index (χ1v) is 7.05. The number of hydrogen-bond donors (Lipinski definition) is 2. The van der Waals surface area contributed by atoms with Gasteiger partial charge in [0, 0.05) is 18.5 Å². The van der Waals surface area contributed by atoms with Crippen LogP contribution in [0.15, 0.2) is 6.07 Å². The Bertz CT molecular complexity index is 533. The van der Waals surface area contributed by atoms with E-state index in [0.717, 1.165) is 31.4 Å². The van der Waals surface area contributed by atoms with E-state index < -0.39 is 6.03 Å².